The predicted octanol–water partition coefficient (Wildman–Crippen LogP) is 3.33. The SMILES string of the molecule is CCCCNC(=O)C[C@H]1N=C2c3ccccc3N=C(SCC(=O)Nc3cccc(OC)c3)N2C1=O. The zero-order chi connectivity index (χ0) is 24.8. The van der Waals surface area contributed by atoms with Gasteiger partial charge < -0.3 is 15.4 Å². The van der Waals surface area contributed by atoms with E-state index in [2.05, 4.69) is 20.6 Å². The van der Waals surface area contributed by atoms with Gasteiger partial charge in [-0.25, -0.2) is 9.89 Å². The van der Waals surface area contributed by atoms with E-state index in [0.717, 1.165) is 30.2 Å². The number of anilines is 1. The molecule has 0 saturated heterocycles. The lowest BCUT2D eigenvalue weighted by atomic mass is 10.1. The Bertz CT molecular complexity index is 1200. The van der Waals surface area contributed by atoms with Gasteiger partial charge in [-0.05, 0) is 30.7 Å². The monoisotopic (exact) mass is 493 g/mol. The van der Waals surface area contributed by atoms with Crippen molar-refractivity contribution < 1.29 is 19.1 Å². The molecule has 0 fully saturated rings. The summed E-state index contributed by atoms with van der Waals surface area (Å²) >= 11 is 1.15. The number of aliphatic imine (C=N–C) groups is 2. The lowest BCUT2D eigenvalue weighted by Gasteiger charge is -2.25. The number of methoxy groups -OCH3 is 1. The first-order valence-electron chi connectivity index (χ1n) is 11.4. The van der Waals surface area contributed by atoms with Crippen LogP contribution in [0.2, 0.25) is 0 Å². The number of rotatable bonds is 9. The van der Waals surface area contributed by atoms with Crippen LogP contribution in [0.4, 0.5) is 11.4 Å². The second-order valence-electron chi connectivity index (χ2n) is 8.03. The molecule has 2 aliphatic rings. The van der Waals surface area contributed by atoms with Crippen LogP contribution in [-0.2, 0) is 14.4 Å². The molecule has 10 heteroatoms. The zero-order valence-electron chi connectivity index (χ0n) is 19.6. The van der Waals surface area contributed by atoms with Gasteiger partial charge in [0.05, 0.1) is 25.0 Å². The molecule has 4 rings (SSSR count). The topological polar surface area (TPSA) is 112 Å². The highest BCUT2D eigenvalue weighted by Crippen LogP contribution is 2.34. The Balaban J connectivity index is 1.48. The standard InChI is InChI=1S/C25H27N5O4S/c1-3-4-12-26-21(31)14-20-24(33)30-23(28-20)18-10-5-6-11-19(18)29-25(30)35-15-22(32)27-16-8-7-9-17(13-16)34-2/h5-11,13,20H,3-4,12,14-15H2,1-2H3,(H,26,31)(H,27,32)/t20-/m1/s1. The average Bonchev–Trinajstić information content (AvgIpc) is 3.19. The number of thioether (sulfide) groups is 1. The molecule has 9 nitrogen and oxygen atoms in total. The molecule has 0 spiro atoms. The lowest BCUT2D eigenvalue weighted by Crippen LogP contribution is -2.42. The number of hydrogen-bond donors (Lipinski definition) is 2. The molecular weight excluding hydrogens is 466 g/mol. The molecule has 35 heavy (non-hydrogen) atoms. The van der Waals surface area contributed by atoms with Crippen molar-refractivity contribution in [2.24, 2.45) is 9.98 Å². The van der Waals surface area contributed by atoms with Gasteiger partial charge in [-0.1, -0.05) is 43.3 Å². The van der Waals surface area contributed by atoms with Gasteiger partial charge in [0.1, 0.15) is 17.6 Å². The fourth-order valence-electron chi connectivity index (χ4n) is 3.71. The summed E-state index contributed by atoms with van der Waals surface area (Å²) in [6.07, 6.45) is 1.82. The minimum Gasteiger partial charge on any atom is -0.497 e. The quantitative estimate of drug-likeness (QED) is 0.521. The molecule has 1 atom stereocenters. The first-order chi connectivity index (χ1) is 17.0. The van der Waals surface area contributed by atoms with Crippen molar-refractivity contribution in [1.29, 1.82) is 0 Å². The van der Waals surface area contributed by atoms with Crippen LogP contribution < -0.4 is 15.4 Å². The summed E-state index contributed by atoms with van der Waals surface area (Å²) in [5.74, 6) is 0.358. The van der Waals surface area contributed by atoms with Crippen molar-refractivity contribution in [3.05, 3.63) is 54.1 Å². The lowest BCUT2D eigenvalue weighted by molar-refractivity contribution is -0.128. The van der Waals surface area contributed by atoms with E-state index in [0.29, 0.717) is 34.7 Å². The van der Waals surface area contributed by atoms with E-state index in [9.17, 15) is 14.4 Å². The van der Waals surface area contributed by atoms with Gasteiger partial charge >= 0.3 is 0 Å². The van der Waals surface area contributed by atoms with Gasteiger partial charge in [0.25, 0.3) is 5.91 Å². The predicted molar refractivity (Wildman–Crippen MR) is 137 cm³/mol. The van der Waals surface area contributed by atoms with Gasteiger partial charge in [-0.2, -0.15) is 0 Å². The van der Waals surface area contributed by atoms with Crippen LogP contribution in [0.15, 0.2) is 58.5 Å². The van der Waals surface area contributed by atoms with Crippen LogP contribution >= 0.6 is 11.8 Å². The Morgan fingerprint density at radius 1 is 1.14 bits per heavy atom. The van der Waals surface area contributed by atoms with Crippen LogP contribution in [0.5, 0.6) is 5.75 Å². The second-order valence-corrected chi connectivity index (χ2v) is 8.97. The molecule has 0 saturated carbocycles. The molecule has 2 heterocycles. The van der Waals surface area contributed by atoms with Crippen molar-refractivity contribution in [2.45, 2.75) is 32.2 Å². The molecule has 0 aromatic heterocycles. The second kappa shape index (κ2) is 11.2. The number of ether oxygens (including phenoxy) is 1. The van der Waals surface area contributed by atoms with Gasteiger partial charge in [-0.3, -0.25) is 19.4 Å². The van der Waals surface area contributed by atoms with E-state index in [1.54, 1.807) is 31.4 Å². The zero-order valence-corrected chi connectivity index (χ0v) is 20.4. The first kappa shape index (κ1) is 24.5. The summed E-state index contributed by atoms with van der Waals surface area (Å²) in [6, 6.07) is 13.6. The molecule has 182 valence electrons. The van der Waals surface area contributed by atoms with E-state index < -0.39 is 6.04 Å². The van der Waals surface area contributed by atoms with Crippen molar-refractivity contribution in [3.8, 4) is 5.75 Å². The van der Waals surface area contributed by atoms with Gasteiger partial charge in [0.15, 0.2) is 5.17 Å². The highest BCUT2D eigenvalue weighted by Gasteiger charge is 2.42. The van der Waals surface area contributed by atoms with E-state index >= 15 is 0 Å². The molecule has 2 aromatic carbocycles. The van der Waals surface area contributed by atoms with Crippen molar-refractivity contribution in [1.82, 2.24) is 10.2 Å². The summed E-state index contributed by atoms with van der Waals surface area (Å²) in [5.41, 5.74) is 2.00. The third-order valence-electron chi connectivity index (χ3n) is 5.46. The van der Waals surface area contributed by atoms with Crippen LogP contribution in [0.3, 0.4) is 0 Å². The molecular formula is C25H27N5O4S. The molecule has 2 aromatic rings. The maximum Gasteiger partial charge on any atom is 0.259 e. The smallest absolute Gasteiger partial charge is 0.259 e. The molecule has 3 amide bonds. The van der Waals surface area contributed by atoms with Crippen LogP contribution in [0, 0.1) is 0 Å². The molecule has 0 aliphatic carbocycles. The van der Waals surface area contributed by atoms with Crippen LogP contribution in [-0.4, -0.2) is 59.1 Å². The number of para-hydroxylation sites is 1. The number of nitrogens with one attached hydrogen (secondary N) is 2. The Kier molecular flexibility index (Phi) is 7.81. The largest absolute Gasteiger partial charge is 0.497 e. The first-order valence-corrected chi connectivity index (χ1v) is 12.4. The summed E-state index contributed by atoms with van der Waals surface area (Å²) in [4.78, 5) is 48.8. The summed E-state index contributed by atoms with van der Waals surface area (Å²) in [7, 11) is 1.56. The number of amides is 3. The minimum atomic E-state index is -0.825. The average molecular weight is 494 g/mol. The van der Waals surface area contributed by atoms with E-state index in [1.165, 1.54) is 4.90 Å². The molecule has 2 aliphatic heterocycles. The minimum absolute atomic E-state index is 0.0288. The number of hydrogen-bond acceptors (Lipinski definition) is 7. The maximum atomic E-state index is 13.3. The number of benzene rings is 2. The van der Waals surface area contributed by atoms with E-state index in [1.807, 2.05) is 31.2 Å². The highest BCUT2D eigenvalue weighted by molar-refractivity contribution is 8.14. The summed E-state index contributed by atoms with van der Waals surface area (Å²) in [5, 5.41) is 6.03. The van der Waals surface area contributed by atoms with Crippen LogP contribution in [0.1, 0.15) is 31.7 Å². The van der Waals surface area contributed by atoms with Crippen molar-refractivity contribution >= 4 is 51.9 Å². The maximum absolute atomic E-state index is 13.3. The number of amidine groups is 2. The van der Waals surface area contributed by atoms with Gasteiger partial charge in [0, 0.05) is 23.9 Å². The van der Waals surface area contributed by atoms with Crippen molar-refractivity contribution in [3.63, 3.8) is 0 Å². The fraction of sp³-hybridized carbons (Fsp3) is 0.320. The number of carbonyl (C=O) groups is 3. The Morgan fingerprint density at radius 2 is 1.97 bits per heavy atom. The molecule has 2 N–H and O–H groups in total. The molecule has 0 bridgehead atoms. The summed E-state index contributed by atoms with van der Waals surface area (Å²) < 4.78 is 5.19. The highest BCUT2D eigenvalue weighted by atomic mass is 32.2. The van der Waals surface area contributed by atoms with E-state index in [-0.39, 0.29) is 29.9 Å². The normalized spacial score (nSPS) is 16.1. The Hall–Kier alpha value is -3.66. The fourth-order valence-corrected chi connectivity index (χ4v) is 4.51. The van der Waals surface area contributed by atoms with E-state index in [4.69, 9.17) is 4.74 Å². The van der Waals surface area contributed by atoms with Crippen molar-refractivity contribution in [2.75, 3.05) is 24.7 Å². The third-order valence-corrected chi connectivity index (χ3v) is 6.40. The van der Waals surface area contributed by atoms with Gasteiger partial charge in [-0.15, -0.1) is 0 Å². The summed E-state index contributed by atoms with van der Waals surface area (Å²) in [6.45, 7) is 2.62. The molecule has 0 unspecified atom stereocenters. The number of carbonyl (C=O) groups excluding carboxylic acids is 3. The number of unbranched alkanes of at least 4 members (excludes halogenated alkanes) is 1. The van der Waals surface area contributed by atoms with Gasteiger partial charge in [0.2, 0.25) is 11.8 Å². The number of fused-ring (bicyclic) bond motifs is 3. The third kappa shape index (κ3) is 5.71. The Morgan fingerprint density at radius 3 is 2.77 bits per heavy atom. The Labute approximate surface area is 208 Å². The number of nitrogens with zero attached hydrogens (tertiary/aromatic N) is 3. The van der Waals surface area contributed by atoms with Crippen LogP contribution in [0.25, 0.3) is 0 Å². The molecule has 0 radical (unpaired) electrons.